The highest BCUT2D eigenvalue weighted by Crippen LogP contribution is 2.66. The van der Waals surface area contributed by atoms with Gasteiger partial charge in [-0.1, -0.05) is 48.5 Å². The Kier molecular flexibility index (Phi) is 3.13. The fourth-order valence-corrected chi connectivity index (χ4v) is 6.97. The van der Waals surface area contributed by atoms with E-state index in [1.54, 1.807) is 11.3 Å². The molecule has 1 amide bonds. The number of likely N-dealkylation sites (tertiary alicyclic amines) is 1. The Balaban J connectivity index is 1.70. The van der Waals surface area contributed by atoms with Crippen LogP contribution < -0.4 is 5.31 Å². The molecule has 1 aromatic heterocycles. The molecule has 4 nitrogen and oxygen atoms in total. The first-order valence-electron chi connectivity index (χ1n) is 10.3. The van der Waals surface area contributed by atoms with Crippen molar-refractivity contribution in [2.75, 3.05) is 18.9 Å². The summed E-state index contributed by atoms with van der Waals surface area (Å²) in [6.45, 7) is 0.591. The number of ketones is 1. The Morgan fingerprint density at radius 3 is 2.69 bits per heavy atom. The number of Topliss-reactive ketones (excluding diaryl/α,β-unsaturated/α-hetero) is 1. The highest BCUT2D eigenvalue weighted by atomic mass is 32.1. The Morgan fingerprint density at radius 2 is 1.90 bits per heavy atom. The highest BCUT2D eigenvalue weighted by Gasteiger charge is 2.75. The smallest absolute Gasteiger partial charge is 0.250 e. The maximum Gasteiger partial charge on any atom is 0.250 e. The summed E-state index contributed by atoms with van der Waals surface area (Å²) < 4.78 is 8.56. The lowest BCUT2D eigenvalue weighted by molar-refractivity contribution is -0.130. The molecule has 2 aliphatic heterocycles. The van der Waals surface area contributed by atoms with Crippen LogP contribution in [0.5, 0.6) is 0 Å². The number of thiophene rings is 1. The lowest BCUT2D eigenvalue weighted by Gasteiger charge is -2.43. The van der Waals surface area contributed by atoms with Crippen LogP contribution in [0.25, 0.3) is 0 Å². The fourth-order valence-electron chi connectivity index (χ4n) is 6.05. The van der Waals surface area contributed by atoms with Crippen LogP contribution >= 0.6 is 11.3 Å². The van der Waals surface area contributed by atoms with Gasteiger partial charge in [-0.25, -0.2) is 0 Å². The fraction of sp³-hybridized carbons (Fsp3) is 0.250. The van der Waals surface area contributed by atoms with Gasteiger partial charge in [-0.15, -0.1) is 11.3 Å². The minimum absolute atomic E-state index is 0.0271. The van der Waals surface area contributed by atoms with Gasteiger partial charge in [0, 0.05) is 34.2 Å². The third kappa shape index (κ3) is 1.83. The summed E-state index contributed by atoms with van der Waals surface area (Å²) in [6.07, 6.45) is 0.503. The molecule has 1 aliphatic carbocycles. The van der Waals surface area contributed by atoms with Crippen LogP contribution in [-0.2, 0) is 16.8 Å². The molecule has 3 aliphatic rings. The molecule has 1 N–H and O–H groups in total. The van der Waals surface area contributed by atoms with E-state index in [1.807, 2.05) is 71.9 Å². The van der Waals surface area contributed by atoms with E-state index in [-0.39, 0.29) is 17.6 Å². The van der Waals surface area contributed by atoms with Crippen molar-refractivity contribution in [2.45, 2.75) is 17.9 Å². The Morgan fingerprint density at radius 1 is 1.10 bits per heavy atom. The summed E-state index contributed by atoms with van der Waals surface area (Å²) in [6, 6.07) is 19.3. The molecule has 0 saturated carbocycles. The minimum atomic E-state index is -1.18. The summed E-state index contributed by atoms with van der Waals surface area (Å²) in [5.74, 6) is -0.420. The van der Waals surface area contributed by atoms with E-state index < -0.39 is 11.0 Å². The van der Waals surface area contributed by atoms with E-state index in [4.69, 9.17) is 1.41 Å². The number of hydrogen-bond donors (Lipinski definition) is 1. The number of rotatable bonds is 1. The van der Waals surface area contributed by atoms with Gasteiger partial charge in [0.2, 0.25) is 0 Å². The van der Waals surface area contributed by atoms with Gasteiger partial charge in [0.05, 0.1) is 5.41 Å². The van der Waals surface area contributed by atoms with E-state index in [0.29, 0.717) is 24.2 Å². The predicted octanol–water partition coefficient (Wildman–Crippen LogP) is 4.05. The normalized spacial score (nSPS) is 31.0. The first kappa shape index (κ1) is 16.1. The van der Waals surface area contributed by atoms with Gasteiger partial charge in [0.1, 0.15) is 5.54 Å². The molecule has 5 heteroatoms. The third-order valence-corrected chi connectivity index (χ3v) is 8.10. The Bertz CT molecular complexity index is 1210. The summed E-state index contributed by atoms with van der Waals surface area (Å²) in [4.78, 5) is 31.3. The number of nitrogens with zero attached hydrogens (tertiary/aromatic N) is 1. The van der Waals surface area contributed by atoms with Crippen LogP contribution in [0, 0.1) is 5.41 Å². The summed E-state index contributed by atoms with van der Waals surface area (Å²) in [7, 11) is 1.93. The van der Waals surface area contributed by atoms with Crippen molar-refractivity contribution in [1.29, 1.82) is 0 Å². The van der Waals surface area contributed by atoms with Crippen LogP contribution in [0.4, 0.5) is 5.69 Å². The van der Waals surface area contributed by atoms with Crippen LogP contribution in [0.2, 0.25) is 1.41 Å². The number of benzene rings is 2. The molecule has 3 aromatic rings. The number of carbonyl (C=O) groups excluding carboxylic acids is 2. The first-order chi connectivity index (χ1) is 14.5. The predicted molar refractivity (Wildman–Crippen MR) is 113 cm³/mol. The third-order valence-electron chi connectivity index (χ3n) is 7.12. The van der Waals surface area contributed by atoms with Gasteiger partial charge in [0.25, 0.3) is 5.91 Å². The highest BCUT2D eigenvalue weighted by molar-refractivity contribution is 7.10. The Hall–Kier alpha value is -2.76. The van der Waals surface area contributed by atoms with Crippen molar-refractivity contribution >= 4 is 28.7 Å². The van der Waals surface area contributed by atoms with Crippen molar-refractivity contribution in [1.82, 2.24) is 4.90 Å². The van der Waals surface area contributed by atoms with Gasteiger partial charge in [0.15, 0.2) is 7.20 Å². The molecule has 2 aromatic carbocycles. The molecular formula is C24H20N2O2S. The lowest BCUT2D eigenvalue weighted by atomic mass is 9.60. The molecule has 3 heterocycles. The minimum Gasteiger partial charge on any atom is -0.324 e. The van der Waals surface area contributed by atoms with E-state index >= 15 is 0 Å². The summed E-state index contributed by atoms with van der Waals surface area (Å²) >= 11 is 1.64. The number of amides is 1. The average Bonchev–Trinajstić information content (AvgIpc) is 3.49. The standard InChI is InChI=1S/C24H20N2O2S/c1-26-14-18(20-11-6-12-29-20)23(13-15-7-2-3-8-16(15)21(23)27)24(26)17-9-4-5-10-19(17)25-22(24)28/h2-12,18H,13-14H2,1H3,(H,25,28)/t18-,23+,24+/m0/s1/i/hT. The molecule has 144 valence electrons. The number of fused-ring (bicyclic) bond motifs is 4. The molecule has 1 fully saturated rings. The molecule has 3 atom stereocenters. The van der Waals surface area contributed by atoms with Crippen LogP contribution in [0.1, 0.15) is 32.3 Å². The van der Waals surface area contributed by atoms with Crippen molar-refractivity contribution in [3.8, 4) is 0 Å². The topological polar surface area (TPSA) is 49.4 Å². The van der Waals surface area contributed by atoms with Gasteiger partial charge in [-0.3, -0.25) is 14.5 Å². The second-order valence-corrected chi connectivity index (χ2v) is 9.21. The molecule has 29 heavy (non-hydrogen) atoms. The zero-order valence-corrected chi connectivity index (χ0v) is 16.8. The SMILES string of the molecule is [3H]N1C(=O)[C@@]2(c3ccccc31)N(C)C[C@@H](c1cccs1)[C@@]21Cc2ccccc2C1=O. The van der Waals surface area contributed by atoms with Gasteiger partial charge in [-0.05, 0) is 36.5 Å². The molecule has 6 rings (SSSR count). The zero-order valence-electron chi connectivity index (χ0n) is 17.0. The average molecular weight is 403 g/mol. The van der Waals surface area contributed by atoms with E-state index in [1.165, 1.54) is 0 Å². The van der Waals surface area contributed by atoms with Crippen molar-refractivity contribution < 1.29 is 11.0 Å². The van der Waals surface area contributed by atoms with Crippen molar-refractivity contribution in [2.24, 2.45) is 5.41 Å². The lowest BCUT2D eigenvalue weighted by Crippen LogP contribution is -2.58. The van der Waals surface area contributed by atoms with Crippen molar-refractivity contribution in [3.63, 3.8) is 0 Å². The quantitative estimate of drug-likeness (QED) is 0.668. The maximum atomic E-state index is 14.2. The van der Waals surface area contributed by atoms with Gasteiger partial charge < -0.3 is 5.31 Å². The monoisotopic (exact) mass is 402 g/mol. The maximum absolute atomic E-state index is 14.2. The number of hydrogen-bond acceptors (Lipinski definition) is 4. The molecule has 0 unspecified atom stereocenters. The number of para-hydroxylation sites is 1. The number of nitrogens with one attached hydrogen (secondary N) is 1. The van der Waals surface area contributed by atoms with Crippen LogP contribution in [0.3, 0.4) is 0 Å². The van der Waals surface area contributed by atoms with Gasteiger partial charge in [-0.2, -0.15) is 0 Å². The summed E-state index contributed by atoms with van der Waals surface area (Å²) in [5, 5.41) is 3.03. The number of carbonyl (C=O) groups is 2. The van der Waals surface area contributed by atoms with Gasteiger partial charge >= 0.3 is 0 Å². The van der Waals surface area contributed by atoms with Crippen LogP contribution in [0.15, 0.2) is 66.0 Å². The molecular weight excluding hydrogens is 380 g/mol. The second-order valence-electron chi connectivity index (χ2n) is 8.23. The molecule has 2 spiro atoms. The molecule has 0 radical (unpaired) electrons. The second kappa shape index (κ2) is 5.65. The Labute approximate surface area is 174 Å². The van der Waals surface area contributed by atoms with Crippen molar-refractivity contribution in [3.05, 3.63) is 87.6 Å². The first-order valence-corrected chi connectivity index (χ1v) is 10.7. The molecule has 0 bridgehead atoms. The van der Waals surface area contributed by atoms with E-state index in [0.717, 1.165) is 21.3 Å². The number of anilines is 1. The van der Waals surface area contributed by atoms with Crippen LogP contribution in [-0.4, -0.2) is 30.2 Å². The summed E-state index contributed by atoms with van der Waals surface area (Å²) in [5.41, 5.74) is 0.891. The number of likely N-dealkylation sites (N-methyl/N-ethyl adjacent to an activating group) is 1. The van der Waals surface area contributed by atoms with E-state index in [2.05, 4.69) is 6.07 Å². The molecule has 1 saturated heterocycles. The van der Waals surface area contributed by atoms with E-state index in [9.17, 15) is 9.59 Å². The largest absolute Gasteiger partial charge is 0.324 e. The zero-order chi connectivity index (χ0) is 20.7.